The molecule has 146 valence electrons. The minimum atomic E-state index is -3.63. The Labute approximate surface area is 168 Å². The van der Waals surface area contributed by atoms with Crippen LogP contribution in [0.4, 0.5) is 0 Å². The lowest BCUT2D eigenvalue weighted by atomic mass is 10.1. The quantitative estimate of drug-likeness (QED) is 0.710. The van der Waals surface area contributed by atoms with E-state index in [2.05, 4.69) is 4.98 Å². The molecule has 1 N–H and O–H groups in total. The molecule has 28 heavy (non-hydrogen) atoms. The molecule has 0 saturated carbocycles. The van der Waals surface area contributed by atoms with Gasteiger partial charge in [0.25, 0.3) is 5.91 Å². The van der Waals surface area contributed by atoms with Crippen LogP contribution in [0.3, 0.4) is 0 Å². The summed E-state index contributed by atoms with van der Waals surface area (Å²) < 4.78 is 27.1. The van der Waals surface area contributed by atoms with E-state index in [0.717, 1.165) is 16.6 Å². The fraction of sp³-hybridized carbons (Fsp3) is 0.250. The number of para-hydroxylation sites is 1. The summed E-state index contributed by atoms with van der Waals surface area (Å²) in [6.07, 6.45) is 0. The van der Waals surface area contributed by atoms with Crippen LogP contribution < -0.4 is 0 Å². The Morgan fingerprint density at radius 1 is 1.04 bits per heavy atom. The number of carbonyl (C=O) groups excluding carboxylic acids is 1. The minimum Gasteiger partial charge on any atom is -0.358 e. The average Bonchev–Trinajstić information content (AvgIpc) is 3.03. The van der Waals surface area contributed by atoms with Crippen molar-refractivity contribution in [3.63, 3.8) is 0 Å². The van der Waals surface area contributed by atoms with Crippen molar-refractivity contribution in [2.45, 2.75) is 11.8 Å². The van der Waals surface area contributed by atoms with E-state index in [0.29, 0.717) is 23.7 Å². The largest absolute Gasteiger partial charge is 0.358 e. The number of H-pyrrole nitrogens is 1. The summed E-state index contributed by atoms with van der Waals surface area (Å²) in [5, 5.41) is 1.27. The molecule has 0 unspecified atom stereocenters. The van der Waals surface area contributed by atoms with Gasteiger partial charge in [-0.15, -0.1) is 0 Å². The van der Waals surface area contributed by atoms with Gasteiger partial charge in [-0.1, -0.05) is 35.9 Å². The highest BCUT2D eigenvalue weighted by atomic mass is 35.5. The summed E-state index contributed by atoms with van der Waals surface area (Å²) in [6, 6.07) is 13.9. The Morgan fingerprint density at radius 3 is 2.46 bits per heavy atom. The molecule has 8 heteroatoms. The molecule has 0 radical (unpaired) electrons. The lowest BCUT2D eigenvalue weighted by molar-refractivity contribution is 0.0699. The first kappa shape index (κ1) is 19.0. The summed E-state index contributed by atoms with van der Waals surface area (Å²) in [4.78, 5) is 18.2. The zero-order valence-corrected chi connectivity index (χ0v) is 16.9. The maximum Gasteiger partial charge on any atom is 0.256 e. The highest BCUT2D eigenvalue weighted by molar-refractivity contribution is 7.89. The maximum absolute atomic E-state index is 13.1. The van der Waals surface area contributed by atoms with E-state index in [-0.39, 0.29) is 23.9 Å². The van der Waals surface area contributed by atoms with Gasteiger partial charge in [-0.05, 0) is 31.2 Å². The third-order valence-electron chi connectivity index (χ3n) is 5.07. The van der Waals surface area contributed by atoms with Crippen LogP contribution >= 0.6 is 11.6 Å². The lowest BCUT2D eigenvalue weighted by Gasteiger charge is -2.34. The Balaban J connectivity index is 1.52. The van der Waals surface area contributed by atoms with Crippen molar-refractivity contribution >= 4 is 38.4 Å². The Hall–Kier alpha value is -2.35. The maximum atomic E-state index is 13.1. The van der Waals surface area contributed by atoms with Crippen LogP contribution in [0.15, 0.2) is 53.4 Å². The molecule has 6 nitrogen and oxygen atoms in total. The number of fused-ring (bicyclic) bond motifs is 1. The summed E-state index contributed by atoms with van der Waals surface area (Å²) in [6.45, 7) is 3.08. The van der Waals surface area contributed by atoms with Gasteiger partial charge in [0.05, 0.1) is 10.5 Å². The number of sulfonamides is 1. The van der Waals surface area contributed by atoms with Gasteiger partial charge in [-0.2, -0.15) is 4.31 Å². The van der Waals surface area contributed by atoms with E-state index in [1.54, 1.807) is 17.0 Å². The van der Waals surface area contributed by atoms with Crippen molar-refractivity contribution in [2.75, 3.05) is 26.2 Å². The number of amides is 1. The first-order valence-corrected chi connectivity index (χ1v) is 10.8. The third kappa shape index (κ3) is 3.30. The summed E-state index contributed by atoms with van der Waals surface area (Å²) in [5.41, 5.74) is 2.40. The number of hydrogen-bond donors (Lipinski definition) is 1. The van der Waals surface area contributed by atoms with Gasteiger partial charge < -0.3 is 9.88 Å². The zero-order valence-electron chi connectivity index (χ0n) is 15.4. The van der Waals surface area contributed by atoms with E-state index in [1.165, 1.54) is 16.4 Å². The number of aryl methyl sites for hydroxylation is 1. The highest BCUT2D eigenvalue weighted by Gasteiger charge is 2.31. The molecule has 0 spiro atoms. The molecular formula is C20H20ClN3O3S. The third-order valence-corrected chi connectivity index (χ3v) is 7.20. The summed E-state index contributed by atoms with van der Waals surface area (Å²) >= 11 is 5.94. The number of hydrogen-bond acceptors (Lipinski definition) is 3. The molecule has 0 bridgehead atoms. The summed E-state index contributed by atoms with van der Waals surface area (Å²) in [5.74, 6) is -0.0743. The van der Waals surface area contributed by atoms with E-state index >= 15 is 0 Å². The van der Waals surface area contributed by atoms with Gasteiger partial charge in [0.2, 0.25) is 10.0 Å². The molecule has 1 aromatic heterocycles. The van der Waals surface area contributed by atoms with E-state index in [9.17, 15) is 13.2 Å². The van der Waals surface area contributed by atoms with Crippen LogP contribution in [-0.4, -0.2) is 54.7 Å². The molecule has 2 aromatic carbocycles. The predicted molar refractivity (Wildman–Crippen MR) is 109 cm³/mol. The van der Waals surface area contributed by atoms with Crippen LogP contribution in [0.2, 0.25) is 5.02 Å². The highest BCUT2D eigenvalue weighted by Crippen LogP contribution is 2.25. The number of rotatable bonds is 3. The van der Waals surface area contributed by atoms with Crippen molar-refractivity contribution < 1.29 is 13.2 Å². The molecule has 1 amide bonds. The van der Waals surface area contributed by atoms with Crippen molar-refractivity contribution in [3.05, 3.63) is 64.8 Å². The lowest BCUT2D eigenvalue weighted by Crippen LogP contribution is -2.50. The second-order valence-electron chi connectivity index (χ2n) is 6.82. The van der Waals surface area contributed by atoms with Crippen LogP contribution in [-0.2, 0) is 10.0 Å². The minimum absolute atomic E-state index is 0.0743. The monoisotopic (exact) mass is 417 g/mol. The predicted octanol–water partition coefficient (Wildman–Crippen LogP) is 3.28. The molecule has 3 aromatic rings. The number of aromatic amines is 1. The Kier molecular flexibility index (Phi) is 4.91. The zero-order chi connectivity index (χ0) is 19.9. The SMILES string of the molecule is Cc1[nH]c2ccccc2c1C(=O)N1CCN(S(=O)(=O)c2cccc(Cl)c2)CC1. The van der Waals surface area contributed by atoms with Gasteiger partial charge in [0, 0.05) is 47.8 Å². The second kappa shape index (κ2) is 7.24. The number of carbonyl (C=O) groups is 1. The fourth-order valence-corrected chi connectivity index (χ4v) is 5.34. The van der Waals surface area contributed by atoms with Gasteiger partial charge >= 0.3 is 0 Å². The van der Waals surface area contributed by atoms with Crippen LogP contribution in [0.1, 0.15) is 16.1 Å². The Morgan fingerprint density at radius 2 is 1.75 bits per heavy atom. The van der Waals surface area contributed by atoms with E-state index < -0.39 is 10.0 Å². The number of aromatic nitrogens is 1. The van der Waals surface area contributed by atoms with Crippen LogP contribution in [0.5, 0.6) is 0 Å². The standard InChI is InChI=1S/C20H20ClN3O3S/c1-14-19(17-7-2-3-8-18(17)22-14)20(25)23-9-11-24(12-10-23)28(26,27)16-6-4-5-15(21)13-16/h2-8,13,22H,9-12H2,1H3. The van der Waals surface area contributed by atoms with E-state index in [4.69, 9.17) is 11.6 Å². The van der Waals surface area contributed by atoms with Gasteiger partial charge in [0.1, 0.15) is 0 Å². The van der Waals surface area contributed by atoms with Gasteiger partial charge in [-0.25, -0.2) is 8.42 Å². The summed E-state index contributed by atoms with van der Waals surface area (Å²) in [7, 11) is -3.63. The van der Waals surface area contributed by atoms with Crippen molar-refractivity contribution in [1.82, 2.24) is 14.2 Å². The molecular weight excluding hydrogens is 398 g/mol. The number of halogens is 1. The molecule has 0 aliphatic carbocycles. The fourth-order valence-electron chi connectivity index (χ4n) is 3.62. The Bertz CT molecular complexity index is 1150. The van der Waals surface area contributed by atoms with Gasteiger partial charge in [0.15, 0.2) is 0 Å². The smallest absolute Gasteiger partial charge is 0.256 e. The number of nitrogens with one attached hydrogen (secondary N) is 1. The molecule has 4 rings (SSSR count). The number of benzene rings is 2. The molecule has 1 fully saturated rings. The van der Waals surface area contributed by atoms with Crippen molar-refractivity contribution in [2.24, 2.45) is 0 Å². The molecule has 1 aliphatic rings. The normalized spacial score (nSPS) is 15.9. The number of nitrogens with zero attached hydrogens (tertiary/aromatic N) is 2. The molecule has 1 aliphatic heterocycles. The first-order chi connectivity index (χ1) is 13.4. The van der Waals surface area contributed by atoms with Crippen LogP contribution in [0.25, 0.3) is 10.9 Å². The van der Waals surface area contributed by atoms with Crippen LogP contribution in [0, 0.1) is 6.92 Å². The topological polar surface area (TPSA) is 73.5 Å². The average molecular weight is 418 g/mol. The molecule has 0 atom stereocenters. The van der Waals surface area contributed by atoms with Crippen molar-refractivity contribution in [3.8, 4) is 0 Å². The second-order valence-corrected chi connectivity index (χ2v) is 9.20. The van der Waals surface area contributed by atoms with Gasteiger partial charge in [-0.3, -0.25) is 4.79 Å². The molecule has 2 heterocycles. The first-order valence-electron chi connectivity index (χ1n) is 9.00. The molecule has 1 saturated heterocycles. The van der Waals surface area contributed by atoms with E-state index in [1.807, 2.05) is 31.2 Å². The van der Waals surface area contributed by atoms with Crippen molar-refractivity contribution in [1.29, 1.82) is 0 Å². The number of piperazine rings is 1.